The van der Waals surface area contributed by atoms with Crippen LogP contribution in [0.1, 0.15) is 35.2 Å². The van der Waals surface area contributed by atoms with Crippen molar-refractivity contribution < 1.29 is 19.1 Å². The van der Waals surface area contributed by atoms with E-state index in [4.69, 9.17) is 0 Å². The number of carboxylic acid groups (broad SMARTS) is 1. The van der Waals surface area contributed by atoms with Crippen LogP contribution in [0.2, 0.25) is 0 Å². The number of halogens is 1. The molecule has 1 amide bonds. The van der Waals surface area contributed by atoms with Crippen LogP contribution in [-0.2, 0) is 4.79 Å². The van der Waals surface area contributed by atoms with Crippen LogP contribution in [0, 0.1) is 5.82 Å². The molecule has 5 heteroatoms. The molecule has 0 aromatic heterocycles. The van der Waals surface area contributed by atoms with Crippen molar-refractivity contribution in [3.05, 3.63) is 77.6 Å². The zero-order valence-corrected chi connectivity index (χ0v) is 14.2. The smallest absolute Gasteiger partial charge is 0.337 e. The maximum atomic E-state index is 13.3. The van der Waals surface area contributed by atoms with Crippen LogP contribution in [0.15, 0.2) is 60.7 Å². The molecule has 2 N–H and O–H groups in total. The van der Waals surface area contributed by atoms with E-state index in [1.807, 2.05) is 25.1 Å². The fraction of sp³-hybridized carbons (Fsp3) is 0.143. The molecule has 26 heavy (non-hydrogen) atoms. The third kappa shape index (κ3) is 3.88. The molecule has 1 atom stereocenters. The van der Waals surface area contributed by atoms with Gasteiger partial charge in [-0.15, -0.1) is 0 Å². The maximum absolute atomic E-state index is 13.3. The van der Waals surface area contributed by atoms with E-state index in [-0.39, 0.29) is 35.3 Å². The number of carbonyl (C=O) groups excluding carboxylic acids is 1. The summed E-state index contributed by atoms with van der Waals surface area (Å²) in [5.74, 6) is -1.70. The number of hydrogen-bond donors (Lipinski definition) is 2. The second kappa shape index (κ2) is 7.35. The van der Waals surface area contributed by atoms with Crippen molar-refractivity contribution in [1.29, 1.82) is 0 Å². The summed E-state index contributed by atoms with van der Waals surface area (Å²) in [5, 5.41) is 13.6. The monoisotopic (exact) mass is 351 g/mol. The number of carbonyl (C=O) groups is 2. The van der Waals surface area contributed by atoms with E-state index in [0.717, 1.165) is 16.3 Å². The minimum atomic E-state index is -1.09. The summed E-state index contributed by atoms with van der Waals surface area (Å²) in [5.41, 5.74) is 1.30. The van der Waals surface area contributed by atoms with Gasteiger partial charge in [0.2, 0.25) is 5.91 Å². The Labute approximate surface area is 150 Å². The molecule has 4 nitrogen and oxygen atoms in total. The second-order valence-corrected chi connectivity index (χ2v) is 6.25. The minimum Gasteiger partial charge on any atom is -0.478 e. The predicted octanol–water partition coefficient (Wildman–Crippen LogP) is 4.81. The van der Waals surface area contributed by atoms with Crippen LogP contribution in [0.4, 0.5) is 10.1 Å². The van der Waals surface area contributed by atoms with Crippen LogP contribution in [0.25, 0.3) is 10.8 Å². The van der Waals surface area contributed by atoms with E-state index in [9.17, 15) is 19.1 Å². The standard InChI is InChI=1S/C21H18FNO3/c1-13(14-6-7-16-12-17(22)9-8-15(16)11-14)10-20(24)23-19-5-3-2-4-18(19)21(25)26/h2-9,11-13H,10H2,1H3,(H,23,24)(H,25,26). The lowest BCUT2D eigenvalue weighted by molar-refractivity contribution is -0.116. The first-order valence-electron chi connectivity index (χ1n) is 8.25. The summed E-state index contributed by atoms with van der Waals surface area (Å²) >= 11 is 0. The predicted molar refractivity (Wildman–Crippen MR) is 99.0 cm³/mol. The Bertz CT molecular complexity index is 984. The highest BCUT2D eigenvalue weighted by molar-refractivity contribution is 6.00. The van der Waals surface area contributed by atoms with Gasteiger partial charge in [0.05, 0.1) is 11.3 Å². The first kappa shape index (κ1) is 17.6. The zero-order valence-electron chi connectivity index (χ0n) is 14.2. The van der Waals surface area contributed by atoms with Crippen LogP contribution in [0.5, 0.6) is 0 Å². The van der Waals surface area contributed by atoms with Crippen molar-refractivity contribution in [2.45, 2.75) is 19.3 Å². The van der Waals surface area contributed by atoms with E-state index in [1.165, 1.54) is 18.2 Å². The Balaban J connectivity index is 1.73. The number of amides is 1. The van der Waals surface area contributed by atoms with Crippen LogP contribution < -0.4 is 5.32 Å². The SMILES string of the molecule is CC(CC(=O)Nc1ccccc1C(=O)O)c1ccc2cc(F)ccc2c1. The van der Waals surface area contributed by atoms with Crippen molar-refractivity contribution in [1.82, 2.24) is 0 Å². The highest BCUT2D eigenvalue weighted by Crippen LogP contribution is 2.25. The Kier molecular flexibility index (Phi) is 4.98. The maximum Gasteiger partial charge on any atom is 0.337 e. The lowest BCUT2D eigenvalue weighted by Crippen LogP contribution is -2.16. The molecule has 0 heterocycles. The molecule has 132 valence electrons. The van der Waals surface area contributed by atoms with Crippen LogP contribution in [-0.4, -0.2) is 17.0 Å². The Morgan fingerprint density at radius 2 is 1.73 bits per heavy atom. The van der Waals surface area contributed by atoms with E-state index in [2.05, 4.69) is 5.32 Å². The molecule has 0 saturated carbocycles. The van der Waals surface area contributed by atoms with Crippen LogP contribution in [0.3, 0.4) is 0 Å². The molecule has 3 aromatic rings. The fourth-order valence-corrected chi connectivity index (χ4v) is 2.92. The molecular weight excluding hydrogens is 333 g/mol. The van der Waals surface area contributed by atoms with Crippen LogP contribution >= 0.6 is 0 Å². The van der Waals surface area contributed by atoms with Gasteiger partial charge in [-0.05, 0) is 46.5 Å². The largest absolute Gasteiger partial charge is 0.478 e. The zero-order chi connectivity index (χ0) is 18.7. The van der Waals surface area contributed by atoms with E-state index in [0.29, 0.717) is 0 Å². The van der Waals surface area contributed by atoms with Gasteiger partial charge in [-0.2, -0.15) is 0 Å². The molecule has 3 aromatic carbocycles. The molecule has 1 unspecified atom stereocenters. The molecule has 0 aliphatic carbocycles. The molecule has 0 bridgehead atoms. The average Bonchev–Trinajstić information content (AvgIpc) is 2.61. The number of para-hydroxylation sites is 1. The summed E-state index contributed by atoms with van der Waals surface area (Å²) in [6.07, 6.45) is 0.209. The Morgan fingerprint density at radius 1 is 1.04 bits per heavy atom. The number of aromatic carboxylic acids is 1. The van der Waals surface area contributed by atoms with Crippen molar-refractivity contribution in [2.75, 3.05) is 5.32 Å². The molecule has 0 aliphatic heterocycles. The molecule has 0 aliphatic rings. The lowest BCUT2D eigenvalue weighted by atomic mass is 9.95. The molecule has 0 saturated heterocycles. The summed E-state index contributed by atoms with van der Waals surface area (Å²) in [7, 11) is 0. The highest BCUT2D eigenvalue weighted by Gasteiger charge is 2.15. The third-order valence-electron chi connectivity index (χ3n) is 4.32. The molecule has 3 rings (SSSR count). The van der Waals surface area contributed by atoms with Crippen molar-refractivity contribution >= 4 is 28.3 Å². The minimum absolute atomic E-state index is 0.0567. The van der Waals surface area contributed by atoms with Crippen molar-refractivity contribution in [3.63, 3.8) is 0 Å². The lowest BCUT2D eigenvalue weighted by Gasteiger charge is -2.14. The van der Waals surface area contributed by atoms with Gasteiger partial charge in [0.15, 0.2) is 0 Å². The number of rotatable bonds is 5. The Hall–Kier alpha value is -3.21. The second-order valence-electron chi connectivity index (χ2n) is 6.25. The topological polar surface area (TPSA) is 66.4 Å². The van der Waals surface area contributed by atoms with Gasteiger partial charge in [-0.1, -0.05) is 43.3 Å². The normalized spacial score (nSPS) is 11.9. The van der Waals surface area contributed by atoms with Gasteiger partial charge in [-0.25, -0.2) is 9.18 Å². The summed E-state index contributed by atoms with van der Waals surface area (Å²) in [6, 6.07) is 16.6. The Morgan fingerprint density at radius 3 is 2.50 bits per heavy atom. The average molecular weight is 351 g/mol. The third-order valence-corrected chi connectivity index (χ3v) is 4.32. The molecular formula is C21H18FNO3. The van der Waals surface area contributed by atoms with Gasteiger partial charge in [0, 0.05) is 6.42 Å². The van der Waals surface area contributed by atoms with E-state index < -0.39 is 5.97 Å². The molecule has 0 fully saturated rings. The number of nitrogens with one attached hydrogen (secondary N) is 1. The molecule has 0 spiro atoms. The van der Waals surface area contributed by atoms with E-state index >= 15 is 0 Å². The highest BCUT2D eigenvalue weighted by atomic mass is 19.1. The number of fused-ring (bicyclic) bond motifs is 1. The number of carboxylic acids is 1. The summed E-state index contributed by atoms with van der Waals surface area (Å²) < 4.78 is 13.3. The quantitative estimate of drug-likeness (QED) is 0.693. The van der Waals surface area contributed by atoms with Gasteiger partial charge in [0.1, 0.15) is 5.82 Å². The number of hydrogen-bond acceptors (Lipinski definition) is 2. The number of anilines is 1. The first-order valence-corrected chi connectivity index (χ1v) is 8.25. The van der Waals surface area contributed by atoms with E-state index in [1.54, 1.807) is 24.3 Å². The summed E-state index contributed by atoms with van der Waals surface area (Å²) in [6.45, 7) is 1.92. The van der Waals surface area contributed by atoms with Gasteiger partial charge < -0.3 is 10.4 Å². The molecule has 0 radical (unpaired) electrons. The van der Waals surface area contributed by atoms with Crippen molar-refractivity contribution in [2.24, 2.45) is 0 Å². The first-order chi connectivity index (χ1) is 12.4. The van der Waals surface area contributed by atoms with Gasteiger partial charge in [-0.3, -0.25) is 4.79 Å². The van der Waals surface area contributed by atoms with Gasteiger partial charge >= 0.3 is 5.97 Å². The fourth-order valence-electron chi connectivity index (χ4n) is 2.92. The number of benzene rings is 3. The summed E-state index contributed by atoms with van der Waals surface area (Å²) in [4.78, 5) is 23.5. The van der Waals surface area contributed by atoms with Gasteiger partial charge in [0.25, 0.3) is 0 Å². The van der Waals surface area contributed by atoms with Crippen molar-refractivity contribution in [3.8, 4) is 0 Å².